The van der Waals surface area contributed by atoms with E-state index in [9.17, 15) is 4.39 Å². The highest BCUT2D eigenvalue weighted by molar-refractivity contribution is 5.47. The minimum Gasteiger partial charge on any atom is -0.383 e. The Balaban J connectivity index is 2.85. The van der Waals surface area contributed by atoms with Gasteiger partial charge in [0.1, 0.15) is 5.82 Å². The number of rotatable bonds is 4. The predicted octanol–water partition coefficient (Wildman–Crippen LogP) is 3.77. The summed E-state index contributed by atoms with van der Waals surface area (Å²) in [5, 5.41) is 3.08. The highest BCUT2D eigenvalue weighted by Crippen LogP contribution is 2.21. The van der Waals surface area contributed by atoms with Crippen molar-refractivity contribution in [2.24, 2.45) is 0 Å². The van der Waals surface area contributed by atoms with E-state index in [0.717, 1.165) is 13.0 Å². The van der Waals surface area contributed by atoms with E-state index in [1.807, 2.05) is 12.1 Å². The molecule has 0 aromatic heterocycles. The van der Waals surface area contributed by atoms with Gasteiger partial charge in [-0.25, -0.2) is 4.39 Å². The second-order valence-corrected chi connectivity index (χ2v) is 3.82. The molecule has 0 saturated carbocycles. The molecular formula is C12H18FN. The molecule has 0 amide bonds. The topological polar surface area (TPSA) is 12.0 Å². The summed E-state index contributed by atoms with van der Waals surface area (Å²) in [5.41, 5.74) is 1.79. The first kappa shape index (κ1) is 11.0. The fraction of sp³-hybridized carbons (Fsp3) is 0.500. The number of nitrogens with one attached hydrogen (secondary N) is 1. The summed E-state index contributed by atoms with van der Waals surface area (Å²) >= 11 is 0. The molecule has 1 nitrogen and oxygen atoms in total. The average Bonchev–Trinajstić information content (AvgIpc) is 2.16. The Morgan fingerprint density at radius 1 is 1.36 bits per heavy atom. The van der Waals surface area contributed by atoms with Gasteiger partial charge in [-0.2, -0.15) is 0 Å². The molecule has 2 heteroatoms. The lowest BCUT2D eigenvalue weighted by molar-refractivity contribution is 0.628. The molecule has 0 radical (unpaired) electrons. The van der Waals surface area contributed by atoms with Crippen molar-refractivity contribution in [1.82, 2.24) is 0 Å². The second-order valence-electron chi connectivity index (χ2n) is 3.82. The molecule has 0 aliphatic carbocycles. The molecule has 0 fully saturated rings. The van der Waals surface area contributed by atoms with Gasteiger partial charge in [-0.3, -0.25) is 0 Å². The van der Waals surface area contributed by atoms with Crippen LogP contribution in [0.15, 0.2) is 18.2 Å². The number of anilines is 1. The van der Waals surface area contributed by atoms with Gasteiger partial charge < -0.3 is 5.32 Å². The first-order chi connectivity index (χ1) is 6.65. The number of hydrogen-bond donors (Lipinski definition) is 1. The molecular weight excluding hydrogens is 177 g/mol. The van der Waals surface area contributed by atoms with Gasteiger partial charge in [0, 0.05) is 6.54 Å². The van der Waals surface area contributed by atoms with Crippen molar-refractivity contribution in [2.75, 3.05) is 11.9 Å². The minimum absolute atomic E-state index is 0.164. The Morgan fingerprint density at radius 3 is 2.64 bits per heavy atom. The molecule has 1 rings (SSSR count). The third kappa shape index (κ3) is 2.72. The van der Waals surface area contributed by atoms with Crippen LogP contribution in [-0.4, -0.2) is 6.54 Å². The molecule has 1 N–H and O–H groups in total. The largest absolute Gasteiger partial charge is 0.383 e. The molecule has 0 saturated heterocycles. The molecule has 0 aliphatic heterocycles. The van der Waals surface area contributed by atoms with Gasteiger partial charge >= 0.3 is 0 Å². The Hall–Kier alpha value is -1.05. The Morgan fingerprint density at radius 2 is 2.07 bits per heavy atom. The van der Waals surface area contributed by atoms with Crippen LogP contribution in [0.5, 0.6) is 0 Å². The van der Waals surface area contributed by atoms with Crippen LogP contribution >= 0.6 is 0 Å². The molecule has 0 atom stereocenters. The van der Waals surface area contributed by atoms with E-state index in [1.165, 1.54) is 11.6 Å². The van der Waals surface area contributed by atoms with Crippen LogP contribution in [0.1, 0.15) is 38.7 Å². The monoisotopic (exact) mass is 195 g/mol. The molecule has 1 aromatic rings. The normalized spacial score (nSPS) is 10.6. The zero-order valence-electron chi connectivity index (χ0n) is 9.10. The van der Waals surface area contributed by atoms with Crippen molar-refractivity contribution in [3.63, 3.8) is 0 Å². The van der Waals surface area contributed by atoms with Crippen LogP contribution in [0.3, 0.4) is 0 Å². The van der Waals surface area contributed by atoms with Crippen LogP contribution in [0.2, 0.25) is 0 Å². The zero-order chi connectivity index (χ0) is 10.6. The smallest absolute Gasteiger partial charge is 0.146 e. The summed E-state index contributed by atoms with van der Waals surface area (Å²) in [4.78, 5) is 0. The predicted molar refractivity (Wildman–Crippen MR) is 59.3 cm³/mol. The summed E-state index contributed by atoms with van der Waals surface area (Å²) in [6, 6.07) is 5.28. The van der Waals surface area contributed by atoms with E-state index in [4.69, 9.17) is 0 Å². The summed E-state index contributed by atoms with van der Waals surface area (Å²) < 4.78 is 13.3. The maximum absolute atomic E-state index is 13.3. The lowest BCUT2D eigenvalue weighted by Crippen LogP contribution is -2.03. The van der Waals surface area contributed by atoms with Gasteiger partial charge in [0.2, 0.25) is 0 Å². The fourth-order valence-corrected chi connectivity index (χ4v) is 1.30. The SMILES string of the molecule is CCCNc1cc(C(C)C)ccc1F. The molecule has 0 unspecified atom stereocenters. The van der Waals surface area contributed by atoms with Gasteiger partial charge in [-0.15, -0.1) is 0 Å². The molecule has 14 heavy (non-hydrogen) atoms. The summed E-state index contributed by atoms with van der Waals surface area (Å²) in [6.45, 7) is 7.10. The van der Waals surface area contributed by atoms with Crippen LogP contribution in [0.25, 0.3) is 0 Å². The van der Waals surface area contributed by atoms with Crippen molar-refractivity contribution < 1.29 is 4.39 Å². The lowest BCUT2D eigenvalue weighted by atomic mass is 10.0. The van der Waals surface area contributed by atoms with Crippen molar-refractivity contribution in [2.45, 2.75) is 33.1 Å². The van der Waals surface area contributed by atoms with Crippen molar-refractivity contribution >= 4 is 5.69 Å². The summed E-state index contributed by atoms with van der Waals surface area (Å²) in [7, 11) is 0. The molecule has 1 aromatic carbocycles. The van der Waals surface area contributed by atoms with Gasteiger partial charge in [0.05, 0.1) is 5.69 Å². The summed E-state index contributed by atoms with van der Waals surface area (Å²) in [6.07, 6.45) is 1.01. The van der Waals surface area contributed by atoms with Crippen LogP contribution in [0, 0.1) is 5.82 Å². The maximum Gasteiger partial charge on any atom is 0.146 e. The fourth-order valence-electron chi connectivity index (χ4n) is 1.30. The van der Waals surface area contributed by atoms with E-state index in [0.29, 0.717) is 11.6 Å². The number of benzene rings is 1. The summed E-state index contributed by atoms with van der Waals surface area (Å²) in [5.74, 6) is 0.278. The third-order valence-electron chi connectivity index (χ3n) is 2.22. The van der Waals surface area contributed by atoms with Crippen LogP contribution in [0.4, 0.5) is 10.1 Å². The van der Waals surface area contributed by atoms with Crippen molar-refractivity contribution in [1.29, 1.82) is 0 Å². The molecule has 78 valence electrons. The van der Waals surface area contributed by atoms with E-state index >= 15 is 0 Å². The van der Waals surface area contributed by atoms with Crippen molar-refractivity contribution in [3.8, 4) is 0 Å². The molecule has 0 spiro atoms. The van der Waals surface area contributed by atoms with Crippen LogP contribution < -0.4 is 5.32 Å². The second kappa shape index (κ2) is 4.99. The maximum atomic E-state index is 13.3. The third-order valence-corrected chi connectivity index (χ3v) is 2.22. The molecule has 0 aliphatic rings. The Bertz CT molecular complexity index is 294. The van der Waals surface area contributed by atoms with E-state index in [1.54, 1.807) is 0 Å². The molecule has 0 bridgehead atoms. The zero-order valence-corrected chi connectivity index (χ0v) is 9.10. The highest BCUT2D eigenvalue weighted by Gasteiger charge is 2.04. The molecule has 0 heterocycles. The first-order valence-electron chi connectivity index (χ1n) is 5.18. The highest BCUT2D eigenvalue weighted by atomic mass is 19.1. The van der Waals surface area contributed by atoms with Gasteiger partial charge in [0.15, 0.2) is 0 Å². The number of halogens is 1. The average molecular weight is 195 g/mol. The van der Waals surface area contributed by atoms with Gasteiger partial charge in [-0.1, -0.05) is 26.8 Å². The lowest BCUT2D eigenvalue weighted by Gasteiger charge is -2.10. The number of hydrogen-bond acceptors (Lipinski definition) is 1. The Kier molecular flexibility index (Phi) is 3.93. The van der Waals surface area contributed by atoms with E-state index in [2.05, 4.69) is 26.1 Å². The van der Waals surface area contributed by atoms with E-state index < -0.39 is 0 Å². The first-order valence-corrected chi connectivity index (χ1v) is 5.18. The van der Waals surface area contributed by atoms with E-state index in [-0.39, 0.29) is 5.82 Å². The standard InChI is InChI=1S/C12H18FN/c1-4-7-14-12-8-10(9(2)3)5-6-11(12)13/h5-6,8-9,14H,4,7H2,1-3H3. The van der Waals surface area contributed by atoms with Crippen molar-refractivity contribution in [3.05, 3.63) is 29.6 Å². The van der Waals surface area contributed by atoms with Crippen LogP contribution in [-0.2, 0) is 0 Å². The minimum atomic E-state index is -0.164. The Labute approximate surface area is 85.3 Å². The quantitative estimate of drug-likeness (QED) is 0.771. The van der Waals surface area contributed by atoms with Gasteiger partial charge in [-0.05, 0) is 30.0 Å². The van der Waals surface area contributed by atoms with Gasteiger partial charge in [0.25, 0.3) is 0 Å².